The smallest absolute Gasteiger partial charge is 0.323 e. The molecule has 30 heavy (non-hydrogen) atoms. The van der Waals surface area contributed by atoms with E-state index in [-0.39, 0.29) is 28.8 Å². The van der Waals surface area contributed by atoms with Gasteiger partial charge in [-0.1, -0.05) is 17.7 Å². The highest BCUT2D eigenvalue weighted by Gasteiger charge is 2.36. The Balaban J connectivity index is 1.54. The van der Waals surface area contributed by atoms with Crippen molar-refractivity contribution in [3.8, 4) is 5.75 Å². The van der Waals surface area contributed by atoms with Gasteiger partial charge in [-0.15, -0.1) is 0 Å². The SMILES string of the molecule is COC(=O)[C@@H]1C[C@H](Oc2ccc3c(Nc4cccc(Cl)c4F)ncnc3c2)CN1C. The number of aromatic nitrogens is 2. The number of nitrogens with zero attached hydrogens (tertiary/aromatic N) is 3. The van der Waals surface area contributed by atoms with Gasteiger partial charge in [0.15, 0.2) is 5.82 Å². The molecule has 156 valence electrons. The maximum atomic E-state index is 14.2. The van der Waals surface area contributed by atoms with Crippen LogP contribution in [0.4, 0.5) is 15.9 Å². The van der Waals surface area contributed by atoms with Crippen LogP contribution in [0.3, 0.4) is 0 Å². The van der Waals surface area contributed by atoms with E-state index in [2.05, 4.69) is 15.3 Å². The second-order valence-electron chi connectivity index (χ2n) is 7.08. The minimum absolute atomic E-state index is 0.0286. The number of fused-ring (bicyclic) bond motifs is 1. The number of carbonyl (C=O) groups is 1. The van der Waals surface area contributed by atoms with Crippen LogP contribution in [0, 0.1) is 5.82 Å². The van der Waals surface area contributed by atoms with Crippen LogP contribution in [-0.4, -0.2) is 53.7 Å². The van der Waals surface area contributed by atoms with Crippen LogP contribution in [-0.2, 0) is 9.53 Å². The van der Waals surface area contributed by atoms with Crippen LogP contribution in [0.2, 0.25) is 5.02 Å². The molecule has 3 aromatic rings. The number of rotatable bonds is 5. The van der Waals surface area contributed by atoms with Crippen LogP contribution in [0.1, 0.15) is 6.42 Å². The lowest BCUT2D eigenvalue weighted by Gasteiger charge is -2.15. The minimum atomic E-state index is -0.545. The first kappa shape index (κ1) is 20.3. The van der Waals surface area contributed by atoms with Gasteiger partial charge in [0.1, 0.15) is 30.0 Å². The highest BCUT2D eigenvalue weighted by molar-refractivity contribution is 6.31. The van der Waals surface area contributed by atoms with Gasteiger partial charge in [0.05, 0.1) is 23.3 Å². The van der Waals surface area contributed by atoms with Gasteiger partial charge in [0, 0.05) is 24.4 Å². The van der Waals surface area contributed by atoms with Crippen molar-refractivity contribution in [1.29, 1.82) is 0 Å². The lowest BCUT2D eigenvalue weighted by molar-refractivity contribution is -0.145. The monoisotopic (exact) mass is 430 g/mol. The molecule has 4 rings (SSSR count). The van der Waals surface area contributed by atoms with Crippen molar-refractivity contribution in [3.63, 3.8) is 0 Å². The Morgan fingerprint density at radius 1 is 1.30 bits per heavy atom. The molecule has 0 unspecified atom stereocenters. The number of hydrogen-bond acceptors (Lipinski definition) is 7. The summed E-state index contributed by atoms with van der Waals surface area (Å²) in [6.07, 6.45) is 1.80. The van der Waals surface area contributed by atoms with E-state index in [9.17, 15) is 9.18 Å². The Hall–Kier alpha value is -2.97. The van der Waals surface area contributed by atoms with Gasteiger partial charge in [-0.05, 0) is 31.3 Å². The second-order valence-corrected chi connectivity index (χ2v) is 7.49. The number of ether oxygens (including phenoxy) is 2. The zero-order chi connectivity index (χ0) is 21.3. The summed E-state index contributed by atoms with van der Waals surface area (Å²) in [5, 5.41) is 3.71. The van der Waals surface area contributed by atoms with Crippen molar-refractivity contribution in [3.05, 3.63) is 53.6 Å². The van der Waals surface area contributed by atoms with E-state index in [1.54, 1.807) is 24.3 Å². The van der Waals surface area contributed by atoms with Gasteiger partial charge in [-0.3, -0.25) is 9.69 Å². The molecule has 1 fully saturated rings. The molecule has 2 aromatic carbocycles. The van der Waals surface area contributed by atoms with Crippen molar-refractivity contribution < 1.29 is 18.7 Å². The molecule has 0 radical (unpaired) electrons. The normalized spacial score (nSPS) is 19.1. The molecule has 9 heteroatoms. The molecule has 1 N–H and O–H groups in total. The summed E-state index contributed by atoms with van der Waals surface area (Å²) in [6, 6.07) is 9.82. The van der Waals surface area contributed by atoms with Crippen LogP contribution in [0.15, 0.2) is 42.7 Å². The highest BCUT2D eigenvalue weighted by Crippen LogP contribution is 2.30. The van der Waals surface area contributed by atoms with Crippen LogP contribution in [0.5, 0.6) is 5.75 Å². The number of likely N-dealkylation sites (N-methyl/N-ethyl adjacent to an activating group) is 1. The molecule has 0 saturated carbocycles. The average molecular weight is 431 g/mol. The highest BCUT2D eigenvalue weighted by atomic mass is 35.5. The number of halogens is 2. The Morgan fingerprint density at radius 3 is 2.93 bits per heavy atom. The summed E-state index contributed by atoms with van der Waals surface area (Å²) < 4.78 is 25.1. The molecule has 0 amide bonds. The van der Waals surface area contributed by atoms with E-state index in [0.717, 1.165) is 0 Å². The summed E-state index contributed by atoms with van der Waals surface area (Å²) in [5.41, 5.74) is 0.869. The quantitative estimate of drug-likeness (QED) is 0.617. The summed E-state index contributed by atoms with van der Waals surface area (Å²) in [4.78, 5) is 22.3. The molecular weight excluding hydrogens is 411 g/mol. The molecule has 2 atom stereocenters. The van der Waals surface area contributed by atoms with Crippen LogP contribution < -0.4 is 10.1 Å². The standard InChI is InChI=1S/C21H20ClFN4O3/c1-27-10-13(9-18(27)21(28)29-2)30-12-6-7-14-17(8-12)24-11-25-20(14)26-16-5-3-4-15(22)19(16)23/h3-8,11,13,18H,9-10H2,1-2H3,(H,24,25,26)/t13-,18-/m0/s1. The molecule has 1 aromatic heterocycles. The van der Waals surface area contributed by atoms with Crippen molar-refractivity contribution in [1.82, 2.24) is 14.9 Å². The van der Waals surface area contributed by atoms with Crippen LogP contribution >= 0.6 is 11.6 Å². The zero-order valence-corrected chi connectivity index (χ0v) is 17.2. The Bertz CT molecular complexity index is 1100. The average Bonchev–Trinajstić information content (AvgIpc) is 3.10. The third-order valence-corrected chi connectivity index (χ3v) is 5.39. The largest absolute Gasteiger partial charge is 0.489 e. The number of esters is 1. The molecular formula is C21H20ClFN4O3. The number of nitrogens with one attached hydrogen (secondary N) is 1. The number of carbonyl (C=O) groups excluding carboxylic acids is 1. The summed E-state index contributed by atoms with van der Waals surface area (Å²) in [6.45, 7) is 0.614. The molecule has 0 bridgehead atoms. The number of anilines is 2. The lowest BCUT2D eigenvalue weighted by atomic mass is 10.2. The molecule has 1 saturated heterocycles. The predicted molar refractivity (Wildman–Crippen MR) is 112 cm³/mol. The first-order chi connectivity index (χ1) is 14.5. The van der Waals surface area contributed by atoms with E-state index in [1.165, 1.54) is 19.5 Å². The fraction of sp³-hybridized carbons (Fsp3) is 0.286. The van der Waals surface area contributed by atoms with Crippen molar-refractivity contribution >= 4 is 40.0 Å². The Morgan fingerprint density at radius 2 is 2.13 bits per heavy atom. The molecule has 0 aliphatic carbocycles. The van der Waals surface area contributed by atoms with E-state index in [0.29, 0.717) is 35.4 Å². The first-order valence-corrected chi connectivity index (χ1v) is 9.74. The van der Waals surface area contributed by atoms with E-state index >= 15 is 0 Å². The second kappa shape index (κ2) is 8.41. The van der Waals surface area contributed by atoms with Gasteiger partial charge in [-0.25, -0.2) is 14.4 Å². The molecule has 1 aliphatic rings. The fourth-order valence-corrected chi connectivity index (χ4v) is 3.75. The van der Waals surface area contributed by atoms with Crippen molar-refractivity contribution in [2.45, 2.75) is 18.6 Å². The number of hydrogen-bond donors (Lipinski definition) is 1. The topological polar surface area (TPSA) is 76.6 Å². The first-order valence-electron chi connectivity index (χ1n) is 9.37. The molecule has 0 spiro atoms. The molecule has 1 aliphatic heterocycles. The van der Waals surface area contributed by atoms with E-state index in [1.807, 2.05) is 18.0 Å². The lowest BCUT2D eigenvalue weighted by Crippen LogP contribution is -2.33. The fourth-order valence-electron chi connectivity index (χ4n) is 3.58. The van der Waals surface area contributed by atoms with Crippen LogP contribution in [0.25, 0.3) is 10.9 Å². The summed E-state index contributed by atoms with van der Waals surface area (Å²) in [5.74, 6) is 0.277. The minimum Gasteiger partial charge on any atom is -0.489 e. The van der Waals surface area contributed by atoms with Gasteiger partial charge in [-0.2, -0.15) is 0 Å². The third-order valence-electron chi connectivity index (χ3n) is 5.10. The Kier molecular flexibility index (Phi) is 5.69. The van der Waals surface area contributed by atoms with Crippen molar-refractivity contribution in [2.75, 3.05) is 26.0 Å². The maximum Gasteiger partial charge on any atom is 0.323 e. The van der Waals surface area contributed by atoms with Gasteiger partial charge in [0.2, 0.25) is 0 Å². The van der Waals surface area contributed by atoms with Crippen molar-refractivity contribution in [2.24, 2.45) is 0 Å². The molecule has 2 heterocycles. The molecule has 7 nitrogen and oxygen atoms in total. The maximum absolute atomic E-state index is 14.2. The summed E-state index contributed by atoms with van der Waals surface area (Å²) in [7, 11) is 3.25. The van der Waals surface area contributed by atoms with Gasteiger partial charge >= 0.3 is 5.97 Å². The number of methoxy groups -OCH3 is 1. The summed E-state index contributed by atoms with van der Waals surface area (Å²) >= 11 is 5.85. The van der Waals surface area contributed by atoms with E-state index in [4.69, 9.17) is 21.1 Å². The number of benzene rings is 2. The predicted octanol–water partition coefficient (Wildman–Crippen LogP) is 3.79. The third kappa shape index (κ3) is 4.01. The Labute approximate surface area is 177 Å². The number of likely N-dealkylation sites (tertiary alicyclic amines) is 1. The van der Waals surface area contributed by atoms with Gasteiger partial charge in [0.25, 0.3) is 0 Å². The van der Waals surface area contributed by atoms with Gasteiger partial charge < -0.3 is 14.8 Å². The van der Waals surface area contributed by atoms with E-state index < -0.39 is 5.82 Å². The zero-order valence-electron chi connectivity index (χ0n) is 16.4.